The number of rotatable bonds is 10. The summed E-state index contributed by atoms with van der Waals surface area (Å²) in [6.07, 6.45) is 0. The first-order valence-electron chi connectivity index (χ1n) is 17.7. The third kappa shape index (κ3) is 7.91. The first-order chi connectivity index (χ1) is 26.3. The molecule has 0 fully saturated rings. The summed E-state index contributed by atoms with van der Waals surface area (Å²) in [5, 5.41) is 0. The van der Waals surface area contributed by atoms with E-state index in [1.54, 1.807) is 24.3 Å². The second-order valence-electron chi connectivity index (χ2n) is 13.0. The van der Waals surface area contributed by atoms with E-state index in [4.69, 9.17) is 9.47 Å². The van der Waals surface area contributed by atoms with Crippen LogP contribution in [-0.2, 0) is 21.8 Å². The van der Waals surface area contributed by atoms with Crippen molar-refractivity contribution in [2.45, 2.75) is 57.1 Å². The maximum Gasteiger partial charge on any atom is 0.344 e. The zero-order valence-electron chi connectivity index (χ0n) is 30.6. The average molecular weight is 745 g/mol. The second-order valence-corrected chi connectivity index (χ2v) is 17.0. The van der Waals surface area contributed by atoms with Crippen molar-refractivity contribution in [3.05, 3.63) is 203 Å². The Kier molecular flexibility index (Phi) is 11.1. The molecule has 0 heterocycles. The van der Waals surface area contributed by atoms with Crippen molar-refractivity contribution in [3.63, 3.8) is 0 Å². The Labute approximate surface area is 323 Å². The van der Waals surface area contributed by atoms with Crippen LogP contribution in [0.15, 0.2) is 199 Å². The van der Waals surface area contributed by atoms with Crippen molar-refractivity contribution in [2.24, 2.45) is 0 Å². The number of ether oxygens (including phenoxy) is 2. The van der Waals surface area contributed by atoms with Gasteiger partial charge in [0.15, 0.2) is 29.4 Å². The number of aryl methyl sites for hydroxylation is 4. The van der Waals surface area contributed by atoms with Crippen LogP contribution < -0.4 is 9.47 Å². The Balaban J connectivity index is 1.14. The van der Waals surface area contributed by atoms with Crippen LogP contribution in [0.5, 0.6) is 11.5 Å². The molecule has 0 radical (unpaired) electrons. The first kappa shape index (κ1) is 36.5. The van der Waals surface area contributed by atoms with Gasteiger partial charge in [-0.25, -0.2) is 9.59 Å². The van der Waals surface area contributed by atoms with Gasteiger partial charge in [0.05, 0.1) is 32.9 Å². The van der Waals surface area contributed by atoms with Crippen LogP contribution in [0.3, 0.4) is 0 Å². The number of esters is 2. The predicted molar refractivity (Wildman–Crippen MR) is 218 cm³/mol. The molecule has 0 amide bonds. The van der Waals surface area contributed by atoms with E-state index in [0.29, 0.717) is 11.5 Å². The number of hydrogen-bond donors (Lipinski definition) is 0. The zero-order chi connectivity index (χ0) is 37.6. The van der Waals surface area contributed by atoms with Crippen LogP contribution in [-0.4, -0.2) is 11.9 Å². The normalized spacial score (nSPS) is 11.1. The number of benzene rings is 7. The molecule has 0 spiro atoms. The van der Waals surface area contributed by atoms with Gasteiger partial charge < -0.3 is 9.47 Å². The zero-order valence-corrected chi connectivity index (χ0v) is 32.2. The maximum absolute atomic E-state index is 13.9. The van der Waals surface area contributed by atoms with Crippen molar-refractivity contribution in [1.82, 2.24) is 0 Å². The fraction of sp³-hybridized carbons (Fsp3) is 0.0833. The highest BCUT2D eigenvalue weighted by Gasteiger charge is 2.32. The molecule has 4 nitrogen and oxygen atoms in total. The molecule has 0 bridgehead atoms. The highest BCUT2D eigenvalue weighted by atomic mass is 32.2. The van der Waals surface area contributed by atoms with Gasteiger partial charge in [0.25, 0.3) is 0 Å². The van der Waals surface area contributed by atoms with Gasteiger partial charge in [-0.3, -0.25) is 0 Å². The Morgan fingerprint density at radius 1 is 0.352 bits per heavy atom. The minimum absolute atomic E-state index is 0.139. The summed E-state index contributed by atoms with van der Waals surface area (Å²) in [5.74, 6) is -0.285. The summed E-state index contributed by atoms with van der Waals surface area (Å²) in [4.78, 5) is 34.8. The van der Waals surface area contributed by atoms with E-state index in [1.807, 2.05) is 52.0 Å². The fourth-order valence-electron chi connectivity index (χ4n) is 6.56. The quantitative estimate of drug-likeness (QED) is 0.0795. The molecule has 7 aromatic carbocycles. The SMILES string of the molecule is Cc1cc([S+](c2ccccc2)c2ccccc2)cc(C)c1OC(=O)c1ccccc1C(=O)Oc1c(C)cc([S+](c2ccccc2)c2ccccc2)cc1C. The predicted octanol–water partition coefficient (Wildman–Crippen LogP) is 11.5. The molecule has 0 N–H and O–H groups in total. The second kappa shape index (κ2) is 16.5. The van der Waals surface area contributed by atoms with Gasteiger partial charge in [-0.1, -0.05) is 84.9 Å². The standard InChI is InChI=1S/C48H40O4S2/c1-33-29-41(53(37-19-9-5-10-20-37)38-21-11-6-12-22-38)30-34(2)45(33)51-47(49)43-27-17-18-28-44(43)48(50)52-46-35(3)31-42(32-36(46)4)54(39-23-13-7-14-24-39)40-25-15-8-16-26-40/h5-32H,1-4H3/q+2. The first-order valence-corrected chi connectivity index (χ1v) is 20.2. The van der Waals surface area contributed by atoms with Crippen LogP contribution in [0.2, 0.25) is 0 Å². The molecular formula is C48H40O4S2+2. The number of carbonyl (C=O) groups excluding carboxylic acids is 2. The number of hydrogen-bond acceptors (Lipinski definition) is 4. The summed E-state index contributed by atoms with van der Waals surface area (Å²) >= 11 is 0. The van der Waals surface area contributed by atoms with Crippen molar-refractivity contribution in [1.29, 1.82) is 0 Å². The van der Waals surface area contributed by atoms with E-state index in [1.165, 1.54) is 19.6 Å². The van der Waals surface area contributed by atoms with Crippen molar-refractivity contribution >= 4 is 33.7 Å². The van der Waals surface area contributed by atoms with Gasteiger partial charge in [0.2, 0.25) is 0 Å². The molecule has 0 aliphatic rings. The van der Waals surface area contributed by atoms with Crippen molar-refractivity contribution in [2.75, 3.05) is 0 Å². The summed E-state index contributed by atoms with van der Waals surface area (Å²) in [7, 11) is -0.702. The van der Waals surface area contributed by atoms with Gasteiger partial charge in [0.1, 0.15) is 11.5 Å². The molecule has 54 heavy (non-hydrogen) atoms. The minimum Gasteiger partial charge on any atom is -0.422 e. The molecule has 7 rings (SSSR count). The molecule has 0 atom stereocenters. The Morgan fingerprint density at radius 3 is 0.852 bits per heavy atom. The van der Waals surface area contributed by atoms with Gasteiger partial charge in [-0.2, -0.15) is 0 Å². The van der Waals surface area contributed by atoms with E-state index >= 15 is 0 Å². The lowest BCUT2D eigenvalue weighted by Crippen LogP contribution is -2.19. The van der Waals surface area contributed by atoms with Gasteiger partial charge >= 0.3 is 11.9 Å². The smallest absolute Gasteiger partial charge is 0.344 e. The van der Waals surface area contributed by atoms with Crippen LogP contribution in [0.25, 0.3) is 0 Å². The highest BCUT2D eigenvalue weighted by molar-refractivity contribution is 7.97. The summed E-state index contributed by atoms with van der Waals surface area (Å²) in [6.45, 7) is 7.80. The van der Waals surface area contributed by atoms with E-state index in [2.05, 4.69) is 121 Å². The third-order valence-electron chi connectivity index (χ3n) is 9.01. The Hall–Kier alpha value is -5.82. The molecule has 0 unspecified atom stereocenters. The van der Waals surface area contributed by atoms with Crippen molar-refractivity contribution in [3.8, 4) is 11.5 Å². The molecule has 0 aliphatic carbocycles. The fourth-order valence-corrected chi connectivity index (χ4v) is 11.1. The molecule has 7 aromatic rings. The van der Waals surface area contributed by atoms with Crippen LogP contribution in [0.1, 0.15) is 43.0 Å². The van der Waals surface area contributed by atoms with Gasteiger partial charge in [0, 0.05) is 24.3 Å². The van der Waals surface area contributed by atoms with Gasteiger partial charge in [-0.05, 0) is 111 Å². The average Bonchev–Trinajstić information content (AvgIpc) is 3.19. The Bertz CT molecular complexity index is 2120. The molecule has 266 valence electrons. The molecule has 0 aliphatic heterocycles. The Morgan fingerprint density at radius 2 is 0.593 bits per heavy atom. The van der Waals surface area contributed by atoms with E-state index in [9.17, 15) is 9.59 Å². The lowest BCUT2D eigenvalue weighted by Gasteiger charge is -2.16. The molecular weight excluding hydrogens is 705 g/mol. The van der Waals surface area contributed by atoms with E-state index < -0.39 is 11.9 Å². The van der Waals surface area contributed by atoms with Crippen LogP contribution in [0, 0.1) is 27.7 Å². The monoisotopic (exact) mass is 744 g/mol. The molecule has 0 saturated carbocycles. The van der Waals surface area contributed by atoms with E-state index in [0.717, 1.165) is 32.0 Å². The summed E-state index contributed by atoms with van der Waals surface area (Å²) in [5.41, 5.74) is 3.61. The minimum atomic E-state index is -0.620. The summed E-state index contributed by atoms with van der Waals surface area (Å²) in [6, 6.07) is 56.8. The largest absolute Gasteiger partial charge is 0.422 e. The molecule has 6 heteroatoms. The molecule has 0 aromatic heterocycles. The summed E-state index contributed by atoms with van der Waals surface area (Å²) < 4.78 is 12.2. The van der Waals surface area contributed by atoms with Gasteiger partial charge in [-0.15, -0.1) is 0 Å². The highest BCUT2D eigenvalue weighted by Crippen LogP contribution is 2.37. The molecule has 0 saturated heterocycles. The van der Waals surface area contributed by atoms with Crippen molar-refractivity contribution < 1.29 is 19.1 Å². The lowest BCUT2D eigenvalue weighted by atomic mass is 10.1. The van der Waals surface area contributed by atoms with E-state index in [-0.39, 0.29) is 32.9 Å². The maximum atomic E-state index is 13.9. The third-order valence-corrected chi connectivity index (χ3v) is 13.4. The van der Waals surface area contributed by atoms with Crippen LogP contribution >= 0.6 is 0 Å². The van der Waals surface area contributed by atoms with Crippen LogP contribution in [0.4, 0.5) is 0 Å². The lowest BCUT2D eigenvalue weighted by molar-refractivity contribution is 0.0689. The number of carbonyl (C=O) groups is 2. The topological polar surface area (TPSA) is 52.6 Å².